The third-order valence-electron chi connectivity index (χ3n) is 7.40. The molecule has 0 radical (unpaired) electrons. The van der Waals surface area contributed by atoms with E-state index < -0.39 is 18.3 Å². The molecular formula is C31H41N3O6. The van der Waals surface area contributed by atoms with Gasteiger partial charge in [-0.2, -0.15) is 0 Å². The van der Waals surface area contributed by atoms with Crippen molar-refractivity contribution < 1.29 is 28.9 Å². The molecule has 2 aromatic rings. The number of ether oxygens (including phenoxy) is 3. The molecule has 9 heteroatoms. The molecule has 2 amide bonds. The number of aliphatic hydroxyl groups excluding tert-OH is 1. The molecule has 3 unspecified atom stereocenters. The molecule has 1 aliphatic carbocycles. The quantitative estimate of drug-likeness (QED) is 0.256. The number of benzene rings is 2. The molecule has 1 saturated carbocycles. The van der Waals surface area contributed by atoms with Gasteiger partial charge in [0.05, 0.1) is 25.4 Å². The minimum absolute atomic E-state index is 0.000695. The Kier molecular flexibility index (Phi) is 11.1. The number of hydrogen-bond donors (Lipinski definition) is 3. The van der Waals surface area contributed by atoms with Crippen LogP contribution < -0.4 is 10.6 Å². The number of hydrogen-bond acceptors (Lipinski definition) is 7. The van der Waals surface area contributed by atoms with Gasteiger partial charge in [-0.25, -0.2) is 4.79 Å². The van der Waals surface area contributed by atoms with Crippen molar-refractivity contribution in [2.24, 2.45) is 0 Å². The topological polar surface area (TPSA) is 109 Å². The molecule has 0 spiro atoms. The smallest absolute Gasteiger partial charge is 0.325 e. The van der Waals surface area contributed by atoms with Gasteiger partial charge in [-0.3, -0.25) is 9.69 Å². The van der Waals surface area contributed by atoms with Crippen LogP contribution in [0.3, 0.4) is 0 Å². The lowest BCUT2D eigenvalue weighted by Crippen LogP contribution is -2.43. The van der Waals surface area contributed by atoms with Gasteiger partial charge < -0.3 is 30.0 Å². The molecule has 40 heavy (non-hydrogen) atoms. The van der Waals surface area contributed by atoms with Gasteiger partial charge >= 0.3 is 12.0 Å². The SMILES string of the molecule is C=CCN(CC1CC(c2ccc(CO)cc2)OC(c2ccc(NC(=O)NCC(=O)OCC)cc2)O1)C1CCCC1. The average molecular weight is 552 g/mol. The zero-order chi connectivity index (χ0) is 28.3. The summed E-state index contributed by atoms with van der Waals surface area (Å²) in [6, 6.07) is 15.2. The van der Waals surface area contributed by atoms with Crippen molar-refractivity contribution in [2.75, 3.05) is 31.6 Å². The molecule has 1 saturated heterocycles. The second-order valence-electron chi connectivity index (χ2n) is 10.3. The van der Waals surface area contributed by atoms with Crippen molar-refractivity contribution in [3.8, 4) is 0 Å². The van der Waals surface area contributed by atoms with Crippen LogP contribution in [0.2, 0.25) is 0 Å². The van der Waals surface area contributed by atoms with Gasteiger partial charge in [0.1, 0.15) is 6.54 Å². The zero-order valence-electron chi connectivity index (χ0n) is 23.2. The molecule has 2 fully saturated rings. The molecule has 0 aromatic heterocycles. The van der Waals surface area contributed by atoms with Gasteiger partial charge in [-0.1, -0.05) is 55.3 Å². The number of carbonyl (C=O) groups excluding carboxylic acids is 2. The molecule has 1 heterocycles. The molecule has 3 atom stereocenters. The summed E-state index contributed by atoms with van der Waals surface area (Å²) in [5, 5.41) is 14.7. The highest BCUT2D eigenvalue weighted by molar-refractivity contribution is 5.91. The standard InChI is InChI=1S/C31H41N3O6/c1-3-17-34(26-7-5-6-8-26)20-27-18-28(23-11-9-22(21-35)10-12-23)40-30(39-27)24-13-15-25(16-14-24)33-31(37)32-19-29(36)38-4-2/h3,9-16,26-28,30,35H,1,4-8,17-21H2,2H3,(H2,32,33,37). The Hall–Kier alpha value is -3.24. The van der Waals surface area contributed by atoms with E-state index in [-0.39, 0.29) is 32.0 Å². The summed E-state index contributed by atoms with van der Waals surface area (Å²) in [5.41, 5.74) is 3.32. The first-order chi connectivity index (χ1) is 19.5. The summed E-state index contributed by atoms with van der Waals surface area (Å²) < 4.78 is 17.8. The van der Waals surface area contributed by atoms with Crippen molar-refractivity contribution in [1.82, 2.24) is 10.2 Å². The Bertz CT molecular complexity index is 1100. The van der Waals surface area contributed by atoms with E-state index in [1.807, 2.05) is 42.5 Å². The molecule has 4 rings (SSSR count). The molecule has 216 valence electrons. The monoisotopic (exact) mass is 551 g/mol. The zero-order valence-corrected chi connectivity index (χ0v) is 23.2. The van der Waals surface area contributed by atoms with Crippen LogP contribution in [-0.2, 0) is 25.6 Å². The first-order valence-electron chi connectivity index (χ1n) is 14.1. The minimum atomic E-state index is -0.581. The fourth-order valence-electron chi connectivity index (χ4n) is 5.37. The largest absolute Gasteiger partial charge is 0.465 e. The van der Waals surface area contributed by atoms with Gasteiger partial charge in [0, 0.05) is 36.8 Å². The predicted octanol–water partition coefficient (Wildman–Crippen LogP) is 4.84. The maximum absolute atomic E-state index is 12.2. The van der Waals surface area contributed by atoms with Crippen LogP contribution in [0.25, 0.3) is 0 Å². The molecule has 0 bridgehead atoms. The highest BCUT2D eigenvalue weighted by Crippen LogP contribution is 2.39. The van der Waals surface area contributed by atoms with Crippen molar-refractivity contribution in [3.05, 3.63) is 77.9 Å². The molecule has 1 aliphatic heterocycles. The Morgan fingerprint density at radius 1 is 1.07 bits per heavy atom. The van der Waals surface area contributed by atoms with Crippen molar-refractivity contribution in [3.63, 3.8) is 0 Å². The third-order valence-corrected chi connectivity index (χ3v) is 7.40. The normalized spacial score (nSPS) is 21.2. The van der Waals surface area contributed by atoms with Crippen molar-refractivity contribution in [1.29, 1.82) is 0 Å². The average Bonchev–Trinajstić information content (AvgIpc) is 3.52. The van der Waals surface area contributed by atoms with E-state index in [9.17, 15) is 14.7 Å². The van der Waals surface area contributed by atoms with Crippen LogP contribution in [0.4, 0.5) is 10.5 Å². The molecule has 9 nitrogen and oxygen atoms in total. The van der Waals surface area contributed by atoms with E-state index in [0.717, 1.165) is 36.2 Å². The number of amides is 2. The number of rotatable bonds is 12. The van der Waals surface area contributed by atoms with Crippen molar-refractivity contribution >= 4 is 17.7 Å². The fourth-order valence-corrected chi connectivity index (χ4v) is 5.37. The summed E-state index contributed by atoms with van der Waals surface area (Å²) in [6.07, 6.45) is 6.81. The lowest BCUT2D eigenvalue weighted by molar-refractivity contribution is -0.253. The number of aliphatic hydroxyl groups is 1. The Morgan fingerprint density at radius 3 is 2.42 bits per heavy atom. The van der Waals surface area contributed by atoms with Crippen LogP contribution in [0.15, 0.2) is 61.2 Å². The summed E-state index contributed by atoms with van der Waals surface area (Å²) in [4.78, 5) is 26.1. The number of anilines is 1. The summed E-state index contributed by atoms with van der Waals surface area (Å²) in [6.45, 7) is 7.37. The van der Waals surface area contributed by atoms with Crippen LogP contribution in [0.1, 0.15) is 68.1 Å². The maximum Gasteiger partial charge on any atom is 0.325 e. The lowest BCUT2D eigenvalue weighted by Gasteiger charge is -2.39. The van der Waals surface area contributed by atoms with E-state index in [0.29, 0.717) is 11.7 Å². The number of nitrogens with one attached hydrogen (secondary N) is 2. The second kappa shape index (κ2) is 14.9. The lowest BCUT2D eigenvalue weighted by atomic mass is 9.99. The second-order valence-corrected chi connectivity index (χ2v) is 10.3. The number of carbonyl (C=O) groups is 2. The maximum atomic E-state index is 12.2. The molecule has 3 N–H and O–H groups in total. The third kappa shape index (κ3) is 8.38. The molecular weight excluding hydrogens is 510 g/mol. The van der Waals surface area contributed by atoms with Crippen LogP contribution in [0.5, 0.6) is 0 Å². The van der Waals surface area contributed by atoms with E-state index in [4.69, 9.17) is 14.2 Å². The summed E-state index contributed by atoms with van der Waals surface area (Å²) >= 11 is 0. The van der Waals surface area contributed by atoms with Crippen LogP contribution in [0, 0.1) is 0 Å². The highest BCUT2D eigenvalue weighted by Gasteiger charge is 2.34. The van der Waals surface area contributed by atoms with E-state index in [2.05, 4.69) is 22.1 Å². The number of esters is 1. The van der Waals surface area contributed by atoms with E-state index in [1.54, 1.807) is 19.1 Å². The summed E-state index contributed by atoms with van der Waals surface area (Å²) in [5.74, 6) is -0.491. The highest BCUT2D eigenvalue weighted by atomic mass is 16.7. The van der Waals surface area contributed by atoms with Crippen LogP contribution >= 0.6 is 0 Å². The fraction of sp³-hybridized carbons (Fsp3) is 0.484. The Balaban J connectivity index is 1.46. The molecule has 2 aromatic carbocycles. The van der Waals surface area contributed by atoms with Gasteiger partial charge in [0.15, 0.2) is 6.29 Å². The summed E-state index contributed by atoms with van der Waals surface area (Å²) in [7, 11) is 0. The predicted molar refractivity (Wildman–Crippen MR) is 153 cm³/mol. The van der Waals surface area contributed by atoms with E-state index >= 15 is 0 Å². The van der Waals surface area contributed by atoms with Crippen LogP contribution in [-0.4, -0.2) is 60.4 Å². The van der Waals surface area contributed by atoms with Gasteiger partial charge in [-0.15, -0.1) is 6.58 Å². The van der Waals surface area contributed by atoms with Gasteiger partial charge in [0.25, 0.3) is 0 Å². The first kappa shape index (κ1) is 29.7. The minimum Gasteiger partial charge on any atom is -0.465 e. The Morgan fingerprint density at radius 2 is 1.77 bits per heavy atom. The molecule has 2 aliphatic rings. The number of nitrogens with zero attached hydrogens (tertiary/aromatic N) is 1. The van der Waals surface area contributed by atoms with Gasteiger partial charge in [0.2, 0.25) is 0 Å². The van der Waals surface area contributed by atoms with E-state index in [1.165, 1.54) is 25.7 Å². The first-order valence-corrected chi connectivity index (χ1v) is 14.1. The van der Waals surface area contributed by atoms with Crippen molar-refractivity contribution in [2.45, 2.75) is 70.2 Å². The number of urea groups is 1. The Labute approximate surface area is 236 Å². The van der Waals surface area contributed by atoms with Gasteiger partial charge in [-0.05, 0) is 43.0 Å².